The molecule has 0 radical (unpaired) electrons. The summed E-state index contributed by atoms with van der Waals surface area (Å²) in [6.07, 6.45) is 1.11. The number of carbonyl (C=O) groups excluding carboxylic acids is 2. The number of likely N-dealkylation sites (N-methyl/N-ethyl adjacent to an activating group) is 1. The van der Waals surface area contributed by atoms with Crippen molar-refractivity contribution in [1.29, 1.82) is 0 Å². The maximum atomic E-state index is 10.9. The van der Waals surface area contributed by atoms with Gasteiger partial charge in [0.25, 0.3) is 0 Å². The number of rotatable bonds is 5. The molecule has 12 heavy (non-hydrogen) atoms. The molecule has 0 aliphatic heterocycles. The molecule has 0 atom stereocenters. The molecular formula is C6H11NO4S. The fraction of sp³-hybridized carbons (Fsp3) is 0.667. The van der Waals surface area contributed by atoms with Crippen LogP contribution in [0.5, 0.6) is 0 Å². The van der Waals surface area contributed by atoms with Crippen LogP contribution in [0.1, 0.15) is 6.92 Å². The summed E-state index contributed by atoms with van der Waals surface area (Å²) in [5.41, 5.74) is 0. The number of hydrogen-bond acceptors (Lipinski definition) is 4. The van der Waals surface area contributed by atoms with E-state index in [1.54, 1.807) is 6.92 Å². The predicted octanol–water partition coefficient (Wildman–Crippen LogP) is -0.964. The lowest BCUT2D eigenvalue weighted by atomic mass is 10.4. The van der Waals surface area contributed by atoms with Crippen LogP contribution in [0, 0.1) is 0 Å². The normalized spacial score (nSPS) is 11.6. The zero-order valence-corrected chi connectivity index (χ0v) is 7.80. The summed E-state index contributed by atoms with van der Waals surface area (Å²) in [5.74, 6) is -0.734. The molecule has 0 fully saturated rings. The third-order valence-corrected chi connectivity index (χ3v) is 2.61. The van der Waals surface area contributed by atoms with Crippen molar-refractivity contribution in [3.8, 4) is 0 Å². The summed E-state index contributed by atoms with van der Waals surface area (Å²) in [4.78, 5) is 20.5. The lowest BCUT2D eigenvalue weighted by Crippen LogP contribution is -2.35. The first-order valence-electron chi connectivity index (χ1n) is 3.35. The second kappa shape index (κ2) is 4.32. The molecule has 0 aliphatic rings. The fourth-order valence-corrected chi connectivity index (χ4v) is 1.51. The second-order valence-corrected chi connectivity index (χ2v) is 4.26. The van der Waals surface area contributed by atoms with Crippen molar-refractivity contribution >= 4 is 22.1 Å². The van der Waals surface area contributed by atoms with E-state index in [4.69, 9.17) is 0 Å². The van der Waals surface area contributed by atoms with Crippen molar-refractivity contribution in [2.75, 3.05) is 19.3 Å². The Balaban J connectivity index is 4.40. The average molecular weight is 193 g/mol. The summed E-state index contributed by atoms with van der Waals surface area (Å²) < 4.78 is 22.7. The standard InChI is InChI=1S/C6H11NO4S/c1-3-7(12(2,10)11)4-6(9)5-8/h5H,3-4H2,1-2H3. The van der Waals surface area contributed by atoms with Gasteiger partial charge in [-0.2, -0.15) is 4.31 Å². The van der Waals surface area contributed by atoms with Crippen molar-refractivity contribution < 1.29 is 18.0 Å². The van der Waals surface area contributed by atoms with Crippen LogP contribution < -0.4 is 0 Å². The molecule has 0 N–H and O–H groups in total. The Morgan fingerprint density at radius 1 is 1.50 bits per heavy atom. The number of aldehydes is 1. The van der Waals surface area contributed by atoms with Crippen molar-refractivity contribution in [3.63, 3.8) is 0 Å². The lowest BCUT2D eigenvalue weighted by molar-refractivity contribution is -0.129. The molecule has 0 saturated heterocycles. The van der Waals surface area contributed by atoms with Gasteiger partial charge in [-0.1, -0.05) is 6.92 Å². The Hall–Kier alpha value is -0.750. The predicted molar refractivity (Wildman–Crippen MR) is 43.2 cm³/mol. The summed E-state index contributed by atoms with van der Waals surface area (Å²) in [6, 6.07) is 0. The SMILES string of the molecule is CCN(CC(=O)C=O)S(C)(=O)=O. The Kier molecular flexibility index (Phi) is 4.05. The van der Waals surface area contributed by atoms with Gasteiger partial charge in [0.2, 0.25) is 15.8 Å². The maximum Gasteiger partial charge on any atom is 0.211 e. The van der Waals surface area contributed by atoms with E-state index in [0.29, 0.717) is 0 Å². The molecule has 70 valence electrons. The largest absolute Gasteiger partial charge is 0.295 e. The molecule has 0 rings (SSSR count). The highest BCUT2D eigenvalue weighted by atomic mass is 32.2. The number of carbonyl (C=O) groups is 2. The van der Waals surface area contributed by atoms with E-state index >= 15 is 0 Å². The summed E-state index contributed by atoms with van der Waals surface area (Å²) >= 11 is 0. The Bertz CT molecular complexity index is 269. The van der Waals surface area contributed by atoms with Crippen molar-refractivity contribution in [1.82, 2.24) is 4.31 Å². The van der Waals surface area contributed by atoms with E-state index in [2.05, 4.69) is 0 Å². The molecule has 0 aromatic carbocycles. The van der Waals surface area contributed by atoms with Crippen LogP contribution >= 0.6 is 0 Å². The molecule has 0 aromatic heterocycles. The van der Waals surface area contributed by atoms with E-state index < -0.39 is 15.8 Å². The van der Waals surface area contributed by atoms with Crippen molar-refractivity contribution in [3.05, 3.63) is 0 Å². The minimum absolute atomic E-state index is 0.119. The topological polar surface area (TPSA) is 71.5 Å². The number of hydrogen-bond donors (Lipinski definition) is 0. The van der Waals surface area contributed by atoms with Crippen LogP contribution in [-0.2, 0) is 19.6 Å². The first-order chi connectivity index (χ1) is 5.41. The molecule has 0 amide bonds. The van der Waals surface area contributed by atoms with E-state index in [9.17, 15) is 18.0 Å². The van der Waals surface area contributed by atoms with Gasteiger partial charge >= 0.3 is 0 Å². The first kappa shape index (κ1) is 11.2. The monoisotopic (exact) mass is 193 g/mol. The summed E-state index contributed by atoms with van der Waals surface area (Å²) in [5, 5.41) is 0. The number of sulfonamides is 1. The maximum absolute atomic E-state index is 10.9. The molecule has 5 nitrogen and oxygen atoms in total. The van der Waals surface area contributed by atoms with Crippen LogP contribution in [0.4, 0.5) is 0 Å². The highest BCUT2D eigenvalue weighted by Gasteiger charge is 2.16. The van der Waals surface area contributed by atoms with Gasteiger partial charge in [0, 0.05) is 6.54 Å². The Morgan fingerprint density at radius 3 is 2.25 bits per heavy atom. The van der Waals surface area contributed by atoms with Crippen LogP contribution in [0.25, 0.3) is 0 Å². The zero-order valence-electron chi connectivity index (χ0n) is 6.98. The van der Waals surface area contributed by atoms with E-state index in [1.165, 1.54) is 0 Å². The minimum Gasteiger partial charge on any atom is -0.295 e. The van der Waals surface area contributed by atoms with Gasteiger partial charge in [-0.3, -0.25) is 9.59 Å². The van der Waals surface area contributed by atoms with Gasteiger partial charge in [-0.15, -0.1) is 0 Å². The smallest absolute Gasteiger partial charge is 0.211 e. The molecule has 0 spiro atoms. The van der Waals surface area contributed by atoms with Crippen molar-refractivity contribution in [2.24, 2.45) is 0 Å². The van der Waals surface area contributed by atoms with Gasteiger partial charge in [0.05, 0.1) is 12.8 Å². The second-order valence-electron chi connectivity index (χ2n) is 2.27. The Labute approximate surface area is 71.4 Å². The number of nitrogens with zero attached hydrogens (tertiary/aromatic N) is 1. The molecule has 6 heteroatoms. The van der Waals surface area contributed by atoms with E-state index in [1.807, 2.05) is 0 Å². The third-order valence-electron chi connectivity index (χ3n) is 1.29. The van der Waals surface area contributed by atoms with Crippen LogP contribution in [-0.4, -0.2) is 44.1 Å². The number of ketones is 1. The van der Waals surface area contributed by atoms with Gasteiger partial charge in [0.15, 0.2) is 6.29 Å². The molecule has 0 bridgehead atoms. The third kappa shape index (κ3) is 3.59. The van der Waals surface area contributed by atoms with E-state index in [0.717, 1.165) is 10.6 Å². The highest BCUT2D eigenvalue weighted by Crippen LogP contribution is 1.95. The van der Waals surface area contributed by atoms with Crippen molar-refractivity contribution in [2.45, 2.75) is 6.92 Å². The molecule has 0 aliphatic carbocycles. The van der Waals surface area contributed by atoms with Crippen LogP contribution in [0.2, 0.25) is 0 Å². The summed E-state index contributed by atoms with van der Waals surface area (Å²) in [7, 11) is -3.37. The van der Waals surface area contributed by atoms with Gasteiger partial charge in [-0.05, 0) is 0 Å². The highest BCUT2D eigenvalue weighted by molar-refractivity contribution is 7.88. The average Bonchev–Trinajstić information content (AvgIpc) is 1.97. The van der Waals surface area contributed by atoms with Gasteiger partial charge < -0.3 is 0 Å². The van der Waals surface area contributed by atoms with Gasteiger partial charge in [-0.25, -0.2) is 8.42 Å². The molecule has 0 unspecified atom stereocenters. The summed E-state index contributed by atoms with van der Waals surface area (Å²) in [6.45, 7) is 1.43. The zero-order chi connectivity index (χ0) is 9.78. The van der Waals surface area contributed by atoms with Crippen LogP contribution in [0.15, 0.2) is 0 Å². The Morgan fingerprint density at radius 2 is 2.00 bits per heavy atom. The molecule has 0 saturated carbocycles. The lowest BCUT2D eigenvalue weighted by Gasteiger charge is -2.14. The van der Waals surface area contributed by atoms with E-state index in [-0.39, 0.29) is 19.4 Å². The molecular weight excluding hydrogens is 182 g/mol. The molecule has 0 heterocycles. The number of Topliss-reactive ketones (excluding diaryl/α,β-unsaturated/α-hetero) is 1. The van der Waals surface area contributed by atoms with Gasteiger partial charge in [0.1, 0.15) is 0 Å². The molecule has 0 aromatic rings. The fourth-order valence-electron chi connectivity index (χ4n) is 0.675. The van der Waals surface area contributed by atoms with Crippen LogP contribution in [0.3, 0.4) is 0 Å². The minimum atomic E-state index is -3.37. The quantitative estimate of drug-likeness (QED) is 0.416. The first-order valence-corrected chi connectivity index (χ1v) is 5.19.